The van der Waals surface area contributed by atoms with Gasteiger partial charge in [0.2, 0.25) is 11.8 Å². The van der Waals surface area contributed by atoms with E-state index in [9.17, 15) is 9.59 Å². The normalized spacial score (nSPS) is 28.3. The summed E-state index contributed by atoms with van der Waals surface area (Å²) in [4.78, 5) is 28.2. The molecule has 2 saturated heterocycles. The van der Waals surface area contributed by atoms with Crippen LogP contribution in [0.1, 0.15) is 46.0 Å². The summed E-state index contributed by atoms with van der Waals surface area (Å²) < 4.78 is 0. The largest absolute Gasteiger partial charge is 0.342 e. The fraction of sp³-hybridized carbons (Fsp3) is 0.867. The molecule has 19 heavy (non-hydrogen) atoms. The Kier molecular flexibility index (Phi) is 4.83. The Morgan fingerprint density at radius 3 is 2.42 bits per heavy atom. The Morgan fingerprint density at radius 1 is 1.05 bits per heavy atom. The summed E-state index contributed by atoms with van der Waals surface area (Å²) in [6, 6.07) is 0. The molecule has 2 rings (SSSR count). The van der Waals surface area contributed by atoms with E-state index in [0.29, 0.717) is 18.9 Å². The molecule has 0 spiro atoms. The topological polar surface area (TPSA) is 40.6 Å². The molecule has 0 N–H and O–H groups in total. The molecule has 4 heteroatoms. The van der Waals surface area contributed by atoms with Gasteiger partial charge >= 0.3 is 0 Å². The second kappa shape index (κ2) is 6.40. The molecule has 0 bridgehead atoms. The zero-order valence-corrected chi connectivity index (χ0v) is 12.2. The number of hydrogen-bond donors (Lipinski definition) is 0. The van der Waals surface area contributed by atoms with E-state index in [1.807, 2.05) is 16.7 Å². The summed E-state index contributed by atoms with van der Waals surface area (Å²) >= 11 is 0. The summed E-state index contributed by atoms with van der Waals surface area (Å²) in [6.45, 7) is 7.37. The van der Waals surface area contributed by atoms with Crippen molar-refractivity contribution in [2.24, 2.45) is 11.8 Å². The van der Waals surface area contributed by atoms with Crippen LogP contribution in [0.15, 0.2) is 0 Å². The summed E-state index contributed by atoms with van der Waals surface area (Å²) in [6.07, 6.45) is 4.80. The van der Waals surface area contributed by atoms with Crippen LogP contribution >= 0.6 is 0 Å². The fourth-order valence-corrected chi connectivity index (χ4v) is 3.28. The number of carbonyl (C=O) groups excluding carboxylic acids is 2. The number of likely N-dealkylation sites (tertiary alicyclic amines) is 2. The van der Waals surface area contributed by atoms with E-state index in [0.717, 1.165) is 38.9 Å². The van der Waals surface area contributed by atoms with Crippen LogP contribution in [0.2, 0.25) is 0 Å². The van der Waals surface area contributed by atoms with Crippen molar-refractivity contribution < 1.29 is 9.59 Å². The van der Waals surface area contributed by atoms with Crippen molar-refractivity contribution in [3.8, 4) is 0 Å². The number of carbonyl (C=O) groups is 2. The second-order valence-electron chi connectivity index (χ2n) is 6.06. The lowest BCUT2D eigenvalue weighted by molar-refractivity contribution is -0.142. The van der Waals surface area contributed by atoms with Crippen molar-refractivity contribution in [3.05, 3.63) is 0 Å². The predicted octanol–water partition coefficient (Wildman–Crippen LogP) is 1.89. The first-order valence-corrected chi connectivity index (χ1v) is 7.68. The van der Waals surface area contributed by atoms with Gasteiger partial charge in [-0.1, -0.05) is 13.8 Å². The van der Waals surface area contributed by atoms with Crippen molar-refractivity contribution >= 4 is 11.8 Å². The van der Waals surface area contributed by atoms with Crippen LogP contribution in [-0.4, -0.2) is 47.8 Å². The molecule has 0 radical (unpaired) electrons. The first-order valence-electron chi connectivity index (χ1n) is 7.68. The average Bonchev–Trinajstić information content (AvgIpc) is 2.45. The maximum Gasteiger partial charge on any atom is 0.227 e. The molecule has 0 aliphatic carbocycles. The summed E-state index contributed by atoms with van der Waals surface area (Å²) in [7, 11) is 0. The van der Waals surface area contributed by atoms with Gasteiger partial charge in [-0.3, -0.25) is 9.59 Å². The van der Waals surface area contributed by atoms with E-state index in [-0.39, 0.29) is 17.7 Å². The fourth-order valence-electron chi connectivity index (χ4n) is 3.28. The monoisotopic (exact) mass is 266 g/mol. The minimum absolute atomic E-state index is 0.0366. The zero-order chi connectivity index (χ0) is 13.8. The van der Waals surface area contributed by atoms with Crippen molar-refractivity contribution in [3.63, 3.8) is 0 Å². The second-order valence-corrected chi connectivity index (χ2v) is 6.06. The van der Waals surface area contributed by atoms with Crippen molar-refractivity contribution in [1.82, 2.24) is 9.80 Å². The smallest absolute Gasteiger partial charge is 0.227 e. The third kappa shape index (κ3) is 3.48. The van der Waals surface area contributed by atoms with Gasteiger partial charge in [-0.15, -0.1) is 0 Å². The number of rotatable bonds is 2. The van der Waals surface area contributed by atoms with Crippen LogP contribution in [0.4, 0.5) is 0 Å². The van der Waals surface area contributed by atoms with Crippen LogP contribution in [0, 0.1) is 11.8 Å². The lowest BCUT2D eigenvalue weighted by Crippen LogP contribution is -2.48. The van der Waals surface area contributed by atoms with Crippen LogP contribution in [0.3, 0.4) is 0 Å². The Morgan fingerprint density at radius 2 is 1.74 bits per heavy atom. The van der Waals surface area contributed by atoms with Crippen LogP contribution < -0.4 is 0 Å². The van der Waals surface area contributed by atoms with Crippen LogP contribution in [0.25, 0.3) is 0 Å². The molecule has 2 aliphatic rings. The number of hydrogen-bond acceptors (Lipinski definition) is 2. The first-order chi connectivity index (χ1) is 9.11. The highest BCUT2D eigenvalue weighted by Gasteiger charge is 2.32. The zero-order valence-electron chi connectivity index (χ0n) is 12.2. The van der Waals surface area contributed by atoms with Gasteiger partial charge in [-0.05, 0) is 31.6 Å². The number of nitrogens with zero attached hydrogens (tertiary/aromatic N) is 2. The minimum atomic E-state index is 0.0366. The van der Waals surface area contributed by atoms with Crippen LogP contribution in [0.5, 0.6) is 0 Å². The van der Waals surface area contributed by atoms with Crippen molar-refractivity contribution in [2.45, 2.75) is 46.0 Å². The predicted molar refractivity (Wildman–Crippen MR) is 74.6 cm³/mol. The Bertz CT molecular complexity index is 343. The van der Waals surface area contributed by atoms with E-state index in [1.54, 1.807) is 0 Å². The highest BCUT2D eigenvalue weighted by molar-refractivity contribution is 5.81. The molecular formula is C15H26N2O2. The highest BCUT2D eigenvalue weighted by Crippen LogP contribution is 2.23. The van der Waals surface area contributed by atoms with Gasteiger partial charge < -0.3 is 9.80 Å². The third-order valence-corrected chi connectivity index (χ3v) is 4.39. The van der Waals surface area contributed by atoms with Crippen molar-refractivity contribution in [2.75, 3.05) is 26.2 Å². The van der Waals surface area contributed by atoms with Crippen molar-refractivity contribution in [1.29, 1.82) is 0 Å². The van der Waals surface area contributed by atoms with Gasteiger partial charge in [0.15, 0.2) is 0 Å². The van der Waals surface area contributed by atoms with Gasteiger partial charge in [0.05, 0.1) is 5.92 Å². The lowest BCUT2D eigenvalue weighted by atomic mass is 9.93. The third-order valence-electron chi connectivity index (χ3n) is 4.39. The maximum absolute atomic E-state index is 12.5. The van der Waals surface area contributed by atoms with E-state index in [1.165, 1.54) is 6.42 Å². The molecule has 2 unspecified atom stereocenters. The molecule has 2 heterocycles. The lowest BCUT2D eigenvalue weighted by Gasteiger charge is -2.37. The quantitative estimate of drug-likeness (QED) is 0.766. The summed E-state index contributed by atoms with van der Waals surface area (Å²) in [5, 5.41) is 0. The highest BCUT2D eigenvalue weighted by atomic mass is 16.2. The Hall–Kier alpha value is -1.06. The van der Waals surface area contributed by atoms with E-state index in [4.69, 9.17) is 0 Å². The Labute approximate surface area is 116 Å². The van der Waals surface area contributed by atoms with Gasteiger partial charge in [0.1, 0.15) is 0 Å². The first kappa shape index (κ1) is 14.4. The molecule has 2 aliphatic heterocycles. The van der Waals surface area contributed by atoms with Gasteiger partial charge in [0, 0.05) is 32.6 Å². The molecule has 2 amide bonds. The molecule has 0 aromatic heterocycles. The van der Waals surface area contributed by atoms with E-state index in [2.05, 4.69) is 6.92 Å². The molecular weight excluding hydrogens is 240 g/mol. The maximum atomic E-state index is 12.5. The minimum Gasteiger partial charge on any atom is -0.342 e. The molecule has 0 aromatic carbocycles. The molecule has 0 saturated carbocycles. The van der Waals surface area contributed by atoms with Gasteiger partial charge in [-0.25, -0.2) is 0 Å². The molecule has 2 atom stereocenters. The molecule has 4 nitrogen and oxygen atoms in total. The number of amides is 2. The van der Waals surface area contributed by atoms with Crippen LogP contribution in [-0.2, 0) is 9.59 Å². The molecule has 108 valence electrons. The van der Waals surface area contributed by atoms with Gasteiger partial charge in [0.25, 0.3) is 0 Å². The van der Waals surface area contributed by atoms with E-state index < -0.39 is 0 Å². The standard InChI is InChI=1S/C15H26N2O2/c1-3-14(18)16-8-5-7-13(11-16)15(19)17-9-4-6-12(2)10-17/h12-13H,3-11H2,1-2H3. The summed E-state index contributed by atoms with van der Waals surface area (Å²) in [5.41, 5.74) is 0. The number of piperidine rings is 2. The average molecular weight is 266 g/mol. The molecule has 2 fully saturated rings. The summed E-state index contributed by atoms with van der Waals surface area (Å²) in [5.74, 6) is 1.12. The molecule has 0 aromatic rings. The van der Waals surface area contributed by atoms with Gasteiger partial charge in [-0.2, -0.15) is 0 Å². The Balaban J connectivity index is 1.93. The SMILES string of the molecule is CCC(=O)N1CCCC(C(=O)N2CCCC(C)C2)C1. The van der Waals surface area contributed by atoms with E-state index >= 15 is 0 Å².